The van der Waals surface area contributed by atoms with Gasteiger partial charge in [0.2, 0.25) is 0 Å². The molecule has 0 unspecified atom stereocenters. The highest BCUT2D eigenvalue weighted by Crippen LogP contribution is 2.11. The smallest absolute Gasteiger partial charge is 0.329 e. The maximum Gasteiger partial charge on any atom is 0.337 e. The van der Waals surface area contributed by atoms with E-state index in [9.17, 15) is 4.79 Å². The molecule has 0 atom stereocenters. The van der Waals surface area contributed by atoms with Gasteiger partial charge in [-0.2, -0.15) is 5.10 Å². The largest absolute Gasteiger partial charge is 0.337 e. The molecule has 0 aliphatic heterocycles. The topological polar surface area (TPSA) is 44.7 Å². The van der Waals surface area contributed by atoms with Crippen molar-refractivity contribution in [1.29, 1.82) is 0 Å². The van der Waals surface area contributed by atoms with Crippen LogP contribution in [-0.2, 0) is 0 Å². The van der Waals surface area contributed by atoms with Crippen molar-refractivity contribution in [2.75, 3.05) is 14.1 Å². The number of nitrogens with zero attached hydrogens (tertiary/aromatic N) is 2. The van der Waals surface area contributed by atoms with Crippen LogP contribution in [0.25, 0.3) is 0 Å². The van der Waals surface area contributed by atoms with E-state index >= 15 is 0 Å². The third-order valence-corrected chi connectivity index (χ3v) is 2.02. The minimum absolute atomic E-state index is 0.279. The molecule has 0 spiro atoms. The number of urea groups is 1. The summed E-state index contributed by atoms with van der Waals surface area (Å²) >= 11 is 5.89. The van der Waals surface area contributed by atoms with Crippen molar-refractivity contribution < 1.29 is 4.79 Å². The van der Waals surface area contributed by atoms with Gasteiger partial charge in [-0.15, -0.1) is 0 Å². The predicted molar refractivity (Wildman–Crippen MR) is 61.3 cm³/mol. The van der Waals surface area contributed by atoms with E-state index in [1.807, 2.05) is 18.2 Å². The first-order valence-corrected chi connectivity index (χ1v) is 4.74. The zero-order valence-electron chi connectivity index (χ0n) is 8.57. The molecule has 0 aliphatic carbocycles. The van der Waals surface area contributed by atoms with E-state index in [-0.39, 0.29) is 6.03 Å². The lowest BCUT2D eigenvalue weighted by atomic mass is 10.2. The summed E-state index contributed by atoms with van der Waals surface area (Å²) in [5.74, 6) is 0. The lowest BCUT2D eigenvalue weighted by Gasteiger charge is -2.07. The molecule has 1 rings (SSSR count). The number of hydrazone groups is 1. The number of rotatable bonds is 2. The molecule has 0 fully saturated rings. The number of amides is 2. The van der Waals surface area contributed by atoms with Crippen molar-refractivity contribution in [2.45, 2.75) is 0 Å². The van der Waals surface area contributed by atoms with Crippen molar-refractivity contribution in [1.82, 2.24) is 10.3 Å². The number of benzene rings is 1. The average molecular weight is 226 g/mol. The van der Waals surface area contributed by atoms with Crippen LogP contribution < -0.4 is 5.43 Å². The van der Waals surface area contributed by atoms with E-state index in [2.05, 4.69) is 10.5 Å². The van der Waals surface area contributed by atoms with Gasteiger partial charge in [-0.25, -0.2) is 10.2 Å². The zero-order chi connectivity index (χ0) is 11.3. The Labute approximate surface area is 93.5 Å². The highest BCUT2D eigenvalue weighted by Gasteiger charge is 1.99. The van der Waals surface area contributed by atoms with Crippen LogP contribution in [0, 0.1) is 0 Å². The van der Waals surface area contributed by atoms with Gasteiger partial charge >= 0.3 is 6.03 Å². The quantitative estimate of drug-likeness (QED) is 0.607. The monoisotopic (exact) mass is 225 g/mol. The molecule has 1 N–H and O–H groups in total. The van der Waals surface area contributed by atoms with Gasteiger partial charge in [0, 0.05) is 24.7 Å². The molecule has 2 amide bonds. The summed E-state index contributed by atoms with van der Waals surface area (Å²) in [5.41, 5.74) is 3.12. The molecule has 0 bridgehead atoms. The number of carbonyl (C=O) groups excluding carboxylic acids is 1. The van der Waals surface area contributed by atoms with Gasteiger partial charge in [-0.1, -0.05) is 29.8 Å². The molecular weight excluding hydrogens is 214 g/mol. The first-order chi connectivity index (χ1) is 7.11. The van der Waals surface area contributed by atoms with E-state index in [0.29, 0.717) is 5.02 Å². The maximum absolute atomic E-state index is 11.1. The van der Waals surface area contributed by atoms with E-state index in [0.717, 1.165) is 5.56 Å². The van der Waals surface area contributed by atoms with Crippen LogP contribution >= 0.6 is 11.6 Å². The normalized spacial score (nSPS) is 10.3. The summed E-state index contributed by atoms with van der Waals surface area (Å²) in [4.78, 5) is 12.5. The van der Waals surface area contributed by atoms with Gasteiger partial charge in [0.05, 0.1) is 6.21 Å². The summed E-state index contributed by atoms with van der Waals surface area (Å²) in [7, 11) is 3.28. The molecule has 0 saturated carbocycles. The van der Waals surface area contributed by atoms with Crippen LogP contribution in [0.1, 0.15) is 5.56 Å². The lowest BCUT2D eigenvalue weighted by molar-refractivity contribution is 0.218. The third kappa shape index (κ3) is 3.59. The molecule has 0 aromatic heterocycles. The first kappa shape index (κ1) is 11.5. The van der Waals surface area contributed by atoms with Gasteiger partial charge in [0.1, 0.15) is 0 Å². The molecule has 0 radical (unpaired) electrons. The minimum atomic E-state index is -0.279. The van der Waals surface area contributed by atoms with Crippen LogP contribution in [0.15, 0.2) is 29.4 Å². The van der Waals surface area contributed by atoms with Crippen molar-refractivity contribution in [3.8, 4) is 0 Å². The molecule has 0 aliphatic rings. The van der Waals surface area contributed by atoms with Crippen molar-refractivity contribution >= 4 is 23.8 Å². The Kier molecular flexibility index (Phi) is 4.12. The maximum atomic E-state index is 11.1. The number of halogens is 1. The summed E-state index contributed by atoms with van der Waals surface area (Å²) in [5, 5.41) is 4.37. The number of hydrogen-bond acceptors (Lipinski definition) is 2. The fourth-order valence-electron chi connectivity index (χ4n) is 0.837. The van der Waals surface area contributed by atoms with Gasteiger partial charge in [-0.3, -0.25) is 0 Å². The van der Waals surface area contributed by atoms with Gasteiger partial charge in [-0.05, 0) is 6.07 Å². The number of carbonyl (C=O) groups is 1. The summed E-state index contributed by atoms with van der Waals surface area (Å²) in [6.07, 6.45) is 1.50. The molecule has 4 nitrogen and oxygen atoms in total. The molecule has 15 heavy (non-hydrogen) atoms. The average Bonchev–Trinajstić information content (AvgIpc) is 2.20. The molecule has 80 valence electrons. The molecule has 1 aromatic carbocycles. The highest BCUT2D eigenvalue weighted by molar-refractivity contribution is 6.33. The Balaban J connectivity index is 2.59. The first-order valence-electron chi connectivity index (χ1n) is 4.36. The van der Waals surface area contributed by atoms with E-state index in [4.69, 9.17) is 11.6 Å². The number of hydrogen-bond donors (Lipinski definition) is 1. The predicted octanol–water partition coefficient (Wildman–Crippen LogP) is 1.95. The summed E-state index contributed by atoms with van der Waals surface area (Å²) < 4.78 is 0. The fraction of sp³-hybridized carbons (Fsp3) is 0.200. The van der Waals surface area contributed by atoms with Crippen molar-refractivity contribution in [3.05, 3.63) is 34.9 Å². The lowest BCUT2D eigenvalue weighted by Crippen LogP contribution is -2.31. The van der Waals surface area contributed by atoms with Crippen molar-refractivity contribution in [3.63, 3.8) is 0 Å². The SMILES string of the molecule is CN(C)C(=O)N/N=C\c1ccccc1Cl. The molecular formula is C10H12ClN3O. The highest BCUT2D eigenvalue weighted by atomic mass is 35.5. The Morgan fingerprint density at radius 1 is 1.47 bits per heavy atom. The Hall–Kier alpha value is -1.55. The third-order valence-electron chi connectivity index (χ3n) is 1.68. The van der Waals surface area contributed by atoms with Crippen LogP contribution in [0.5, 0.6) is 0 Å². The summed E-state index contributed by atoms with van der Waals surface area (Å²) in [6, 6.07) is 6.97. The fourth-order valence-corrected chi connectivity index (χ4v) is 1.02. The Bertz CT molecular complexity index is 377. The van der Waals surface area contributed by atoms with Crippen LogP contribution in [0.2, 0.25) is 5.02 Å². The van der Waals surface area contributed by atoms with Gasteiger partial charge in [0.25, 0.3) is 0 Å². The second kappa shape index (κ2) is 5.36. The van der Waals surface area contributed by atoms with Crippen LogP contribution in [0.3, 0.4) is 0 Å². The van der Waals surface area contributed by atoms with Crippen molar-refractivity contribution in [2.24, 2.45) is 5.10 Å². The van der Waals surface area contributed by atoms with Crippen LogP contribution in [-0.4, -0.2) is 31.2 Å². The van der Waals surface area contributed by atoms with E-state index in [1.54, 1.807) is 20.2 Å². The minimum Gasteiger partial charge on any atom is -0.329 e. The second-order valence-electron chi connectivity index (χ2n) is 3.09. The van der Waals surface area contributed by atoms with E-state index < -0.39 is 0 Å². The molecule has 1 aromatic rings. The molecule has 0 saturated heterocycles. The molecule has 0 heterocycles. The number of nitrogens with one attached hydrogen (secondary N) is 1. The zero-order valence-corrected chi connectivity index (χ0v) is 9.32. The second-order valence-corrected chi connectivity index (χ2v) is 3.50. The summed E-state index contributed by atoms with van der Waals surface area (Å²) in [6.45, 7) is 0. The Morgan fingerprint density at radius 3 is 2.73 bits per heavy atom. The Morgan fingerprint density at radius 2 is 2.13 bits per heavy atom. The standard InChI is InChI=1S/C10H12ClN3O/c1-14(2)10(15)13-12-7-8-5-3-4-6-9(8)11/h3-7H,1-2H3,(H,13,15)/b12-7-. The molecule has 5 heteroatoms. The van der Waals surface area contributed by atoms with Crippen LogP contribution in [0.4, 0.5) is 4.79 Å². The van der Waals surface area contributed by atoms with Gasteiger partial charge in [0.15, 0.2) is 0 Å². The van der Waals surface area contributed by atoms with E-state index in [1.165, 1.54) is 11.1 Å². The van der Waals surface area contributed by atoms with Gasteiger partial charge < -0.3 is 4.90 Å².